The molecule has 0 bridgehead atoms. The molecule has 3 rings (SSSR count). The van der Waals surface area contributed by atoms with Gasteiger partial charge in [0.05, 0.1) is 11.2 Å². The Morgan fingerprint density at radius 1 is 1.05 bits per heavy atom. The van der Waals surface area contributed by atoms with Crippen LogP contribution in [0.25, 0.3) is 5.47 Å². The molecule has 20 heavy (non-hydrogen) atoms. The van der Waals surface area contributed by atoms with Crippen LogP contribution in [-0.2, 0) is 22.2 Å². The third-order valence-electron chi connectivity index (χ3n) is 5.01. The van der Waals surface area contributed by atoms with E-state index in [9.17, 15) is 0 Å². The van der Waals surface area contributed by atoms with E-state index in [1.807, 2.05) is 0 Å². The second-order valence-corrected chi connectivity index (χ2v) is 6.95. The lowest BCUT2D eigenvalue weighted by molar-refractivity contribution is 0.00578. The molecule has 1 aromatic carbocycles. The quantitative estimate of drug-likeness (QED) is 0.760. The van der Waals surface area contributed by atoms with Crippen molar-refractivity contribution in [3.8, 4) is 0 Å². The van der Waals surface area contributed by atoms with Crippen LogP contribution in [-0.4, -0.2) is 18.3 Å². The van der Waals surface area contributed by atoms with E-state index in [1.54, 1.807) is 0 Å². The number of aryl methyl sites for hydroxylation is 2. The largest absolute Gasteiger partial charge is 0.494 e. The molecule has 1 heterocycles. The SMILES string of the molecule is C=C(B1OC(C)(C)C(C)(C)O1)c1ccc2c(c1)CCC2. The summed E-state index contributed by atoms with van der Waals surface area (Å²) in [5.74, 6) is 0. The van der Waals surface area contributed by atoms with Gasteiger partial charge < -0.3 is 9.31 Å². The van der Waals surface area contributed by atoms with Crippen LogP contribution in [0.1, 0.15) is 50.8 Å². The van der Waals surface area contributed by atoms with E-state index < -0.39 is 0 Å². The van der Waals surface area contributed by atoms with Crippen molar-refractivity contribution in [3.63, 3.8) is 0 Å². The summed E-state index contributed by atoms with van der Waals surface area (Å²) >= 11 is 0. The van der Waals surface area contributed by atoms with Gasteiger partial charge in [-0.1, -0.05) is 24.8 Å². The Morgan fingerprint density at radius 3 is 2.30 bits per heavy atom. The zero-order valence-corrected chi connectivity index (χ0v) is 13.0. The molecule has 0 radical (unpaired) electrons. The van der Waals surface area contributed by atoms with Crippen molar-refractivity contribution in [2.45, 2.75) is 58.2 Å². The van der Waals surface area contributed by atoms with Crippen LogP contribution < -0.4 is 0 Å². The highest BCUT2D eigenvalue weighted by molar-refractivity contribution is 6.68. The molecule has 106 valence electrons. The predicted octanol–water partition coefficient (Wildman–Crippen LogP) is 3.82. The molecule has 2 nitrogen and oxygen atoms in total. The Balaban J connectivity index is 1.84. The number of rotatable bonds is 2. The Bertz CT molecular complexity index is 544. The molecule has 0 N–H and O–H groups in total. The third kappa shape index (κ3) is 2.13. The molecule has 1 aliphatic heterocycles. The van der Waals surface area contributed by atoms with Crippen molar-refractivity contribution < 1.29 is 9.31 Å². The van der Waals surface area contributed by atoms with Crippen LogP contribution in [0, 0.1) is 0 Å². The molecule has 1 saturated heterocycles. The van der Waals surface area contributed by atoms with Gasteiger partial charge in [-0.15, -0.1) is 0 Å². The van der Waals surface area contributed by atoms with Gasteiger partial charge in [0.2, 0.25) is 0 Å². The minimum atomic E-state index is -0.348. The fourth-order valence-electron chi connectivity index (χ4n) is 2.89. The predicted molar refractivity (Wildman–Crippen MR) is 83.6 cm³/mol. The maximum Gasteiger partial charge on any atom is 0.494 e. The molecule has 0 atom stereocenters. The summed E-state index contributed by atoms with van der Waals surface area (Å²) in [5.41, 5.74) is 4.40. The molecule has 1 aromatic rings. The molecule has 0 aromatic heterocycles. The summed E-state index contributed by atoms with van der Waals surface area (Å²) in [6.07, 6.45) is 3.65. The zero-order valence-electron chi connectivity index (χ0n) is 13.0. The van der Waals surface area contributed by atoms with Gasteiger partial charge >= 0.3 is 7.12 Å². The number of benzene rings is 1. The van der Waals surface area contributed by atoms with E-state index >= 15 is 0 Å². The maximum atomic E-state index is 6.08. The normalized spacial score (nSPS) is 22.9. The highest BCUT2D eigenvalue weighted by atomic mass is 16.7. The lowest BCUT2D eigenvalue weighted by Gasteiger charge is -2.32. The summed E-state index contributed by atoms with van der Waals surface area (Å²) in [6.45, 7) is 12.5. The Kier molecular flexibility index (Phi) is 3.11. The molecular formula is C17H23BO2. The maximum absolute atomic E-state index is 6.08. The van der Waals surface area contributed by atoms with E-state index in [0.717, 1.165) is 11.0 Å². The van der Waals surface area contributed by atoms with Crippen LogP contribution in [0.4, 0.5) is 0 Å². The Labute approximate surface area is 122 Å². The molecule has 0 unspecified atom stereocenters. The van der Waals surface area contributed by atoms with Crippen LogP contribution in [0.3, 0.4) is 0 Å². The van der Waals surface area contributed by atoms with Gasteiger partial charge in [-0.05, 0) is 69.1 Å². The molecule has 1 fully saturated rings. The van der Waals surface area contributed by atoms with Crippen molar-refractivity contribution in [2.24, 2.45) is 0 Å². The van der Waals surface area contributed by atoms with Crippen molar-refractivity contribution in [2.75, 3.05) is 0 Å². The number of fused-ring (bicyclic) bond motifs is 1. The van der Waals surface area contributed by atoms with Gasteiger partial charge in [-0.3, -0.25) is 0 Å². The Morgan fingerprint density at radius 2 is 1.65 bits per heavy atom. The van der Waals surface area contributed by atoms with Crippen molar-refractivity contribution in [1.29, 1.82) is 0 Å². The lowest BCUT2D eigenvalue weighted by Crippen LogP contribution is -2.41. The number of hydrogen-bond donors (Lipinski definition) is 0. The average molecular weight is 270 g/mol. The first kappa shape index (κ1) is 13.9. The second kappa shape index (κ2) is 4.47. The van der Waals surface area contributed by atoms with E-state index in [1.165, 1.54) is 30.4 Å². The third-order valence-corrected chi connectivity index (χ3v) is 5.01. The minimum Gasteiger partial charge on any atom is -0.399 e. The van der Waals surface area contributed by atoms with Gasteiger partial charge in [0, 0.05) is 0 Å². The van der Waals surface area contributed by atoms with Crippen LogP contribution in [0.5, 0.6) is 0 Å². The molecule has 3 heteroatoms. The first-order valence-electron chi connectivity index (χ1n) is 7.47. The van der Waals surface area contributed by atoms with Gasteiger partial charge in [-0.25, -0.2) is 0 Å². The van der Waals surface area contributed by atoms with Crippen LogP contribution >= 0.6 is 0 Å². The van der Waals surface area contributed by atoms with Crippen molar-refractivity contribution in [1.82, 2.24) is 0 Å². The highest BCUT2D eigenvalue weighted by Gasteiger charge is 2.52. The van der Waals surface area contributed by atoms with Crippen LogP contribution in [0.2, 0.25) is 0 Å². The van der Waals surface area contributed by atoms with Gasteiger partial charge in [0.15, 0.2) is 0 Å². The molecule has 0 spiro atoms. The second-order valence-electron chi connectivity index (χ2n) is 6.95. The molecule has 2 aliphatic rings. The highest BCUT2D eigenvalue weighted by Crippen LogP contribution is 2.40. The average Bonchev–Trinajstić information content (AvgIpc) is 2.90. The van der Waals surface area contributed by atoms with E-state index in [4.69, 9.17) is 9.31 Å². The zero-order chi connectivity index (χ0) is 14.5. The standard InChI is InChI=1S/C17H23BO2/c1-12(18-19-16(2,3)17(4,5)20-18)14-10-9-13-7-6-8-15(13)11-14/h9-11H,1,6-8H2,2-5H3. The number of hydrogen-bond acceptors (Lipinski definition) is 2. The van der Waals surface area contributed by atoms with E-state index in [2.05, 4.69) is 52.5 Å². The molecule has 1 aliphatic carbocycles. The van der Waals surface area contributed by atoms with E-state index in [-0.39, 0.29) is 18.3 Å². The summed E-state index contributed by atoms with van der Waals surface area (Å²) in [4.78, 5) is 0. The fourth-order valence-corrected chi connectivity index (χ4v) is 2.89. The first-order valence-corrected chi connectivity index (χ1v) is 7.47. The molecule has 0 saturated carbocycles. The van der Waals surface area contributed by atoms with E-state index in [0.29, 0.717) is 0 Å². The summed E-state index contributed by atoms with van der Waals surface area (Å²) in [7, 11) is -0.348. The lowest BCUT2D eigenvalue weighted by atomic mass is 9.75. The van der Waals surface area contributed by atoms with Gasteiger partial charge in [-0.2, -0.15) is 0 Å². The molecule has 0 amide bonds. The fraction of sp³-hybridized carbons (Fsp3) is 0.529. The summed E-state index contributed by atoms with van der Waals surface area (Å²) < 4.78 is 12.2. The smallest absolute Gasteiger partial charge is 0.399 e. The monoisotopic (exact) mass is 270 g/mol. The minimum absolute atomic E-state index is 0.308. The molecular weight excluding hydrogens is 247 g/mol. The topological polar surface area (TPSA) is 18.5 Å². The summed E-state index contributed by atoms with van der Waals surface area (Å²) in [5, 5.41) is 0. The summed E-state index contributed by atoms with van der Waals surface area (Å²) in [6, 6.07) is 6.64. The van der Waals surface area contributed by atoms with Crippen molar-refractivity contribution in [3.05, 3.63) is 41.5 Å². The Hall–Kier alpha value is -1.06. The van der Waals surface area contributed by atoms with Crippen molar-refractivity contribution >= 4 is 12.6 Å². The first-order chi connectivity index (χ1) is 9.30. The van der Waals surface area contributed by atoms with Gasteiger partial charge in [0.25, 0.3) is 0 Å². The van der Waals surface area contributed by atoms with Crippen LogP contribution in [0.15, 0.2) is 24.8 Å². The van der Waals surface area contributed by atoms with Gasteiger partial charge in [0.1, 0.15) is 0 Å².